The Morgan fingerprint density at radius 3 is 2.14 bits per heavy atom. The Morgan fingerprint density at radius 1 is 0.828 bits per heavy atom. The van der Waals surface area contributed by atoms with Crippen LogP contribution < -0.4 is 5.32 Å². The van der Waals surface area contributed by atoms with Crippen molar-refractivity contribution in [1.29, 1.82) is 0 Å². The highest BCUT2D eigenvalue weighted by atomic mass is 15.0. The lowest BCUT2D eigenvalue weighted by Crippen LogP contribution is -2.10. The zero-order valence-electron chi connectivity index (χ0n) is 17.5. The summed E-state index contributed by atoms with van der Waals surface area (Å²) in [6.07, 6.45) is 5.69. The van der Waals surface area contributed by atoms with E-state index in [1.807, 2.05) is 18.6 Å². The summed E-state index contributed by atoms with van der Waals surface area (Å²) in [6.45, 7) is 8.91. The van der Waals surface area contributed by atoms with E-state index in [4.69, 9.17) is 4.98 Å². The summed E-state index contributed by atoms with van der Waals surface area (Å²) in [7, 11) is 0. The number of anilines is 2. The monoisotopic (exact) mass is 381 g/mol. The Bertz CT molecular complexity index is 1110. The molecule has 146 valence electrons. The molecule has 0 fully saturated rings. The zero-order valence-corrected chi connectivity index (χ0v) is 17.5. The maximum Gasteiger partial charge on any atom is 0.138 e. The number of nitrogens with one attached hydrogen (secondary N) is 1. The first-order valence-electron chi connectivity index (χ1n) is 10.1. The maximum atomic E-state index is 4.79. The number of fused-ring (bicyclic) bond motifs is 1. The van der Waals surface area contributed by atoms with Crippen molar-refractivity contribution in [3.8, 4) is 0 Å². The number of pyridine rings is 2. The minimum atomic E-state index is 0.147. The molecule has 0 bridgehead atoms. The molecule has 0 saturated heterocycles. The highest BCUT2D eigenvalue weighted by Gasteiger charge is 2.16. The molecule has 2 aromatic carbocycles. The van der Waals surface area contributed by atoms with Gasteiger partial charge in [0.05, 0.1) is 0 Å². The van der Waals surface area contributed by atoms with Crippen molar-refractivity contribution in [2.75, 3.05) is 5.32 Å². The maximum absolute atomic E-state index is 4.79. The fourth-order valence-electron chi connectivity index (χ4n) is 3.68. The molecule has 1 atom stereocenters. The van der Waals surface area contributed by atoms with Crippen LogP contribution >= 0.6 is 0 Å². The molecule has 0 saturated carbocycles. The van der Waals surface area contributed by atoms with Gasteiger partial charge in [-0.1, -0.05) is 64.1 Å². The quantitative estimate of drug-likeness (QED) is 0.421. The van der Waals surface area contributed by atoms with Crippen molar-refractivity contribution in [2.45, 2.75) is 39.0 Å². The highest BCUT2D eigenvalue weighted by Crippen LogP contribution is 2.33. The van der Waals surface area contributed by atoms with Crippen LogP contribution in [0.15, 0.2) is 79.3 Å². The van der Waals surface area contributed by atoms with Crippen LogP contribution in [0.4, 0.5) is 11.5 Å². The van der Waals surface area contributed by atoms with Crippen LogP contribution in [0.3, 0.4) is 0 Å². The van der Waals surface area contributed by atoms with Crippen LogP contribution in [0.2, 0.25) is 0 Å². The normalized spacial score (nSPS) is 12.7. The van der Waals surface area contributed by atoms with E-state index >= 15 is 0 Å². The summed E-state index contributed by atoms with van der Waals surface area (Å²) in [5.41, 5.74) is 4.98. The van der Waals surface area contributed by atoms with Crippen LogP contribution in [0.1, 0.15) is 50.3 Å². The molecular formula is C26H27N3. The van der Waals surface area contributed by atoms with Crippen LogP contribution in [-0.2, 0) is 5.41 Å². The fraction of sp³-hybridized carbons (Fsp3) is 0.231. The molecule has 29 heavy (non-hydrogen) atoms. The largest absolute Gasteiger partial charge is 0.340 e. The van der Waals surface area contributed by atoms with Gasteiger partial charge in [0.25, 0.3) is 0 Å². The van der Waals surface area contributed by atoms with E-state index in [2.05, 4.69) is 98.7 Å². The predicted molar refractivity (Wildman–Crippen MR) is 122 cm³/mol. The number of benzene rings is 2. The Kier molecular flexibility index (Phi) is 5.06. The molecule has 1 unspecified atom stereocenters. The lowest BCUT2D eigenvalue weighted by molar-refractivity contribution is 0.590. The highest BCUT2D eigenvalue weighted by molar-refractivity contribution is 5.95. The topological polar surface area (TPSA) is 37.8 Å². The van der Waals surface area contributed by atoms with Crippen LogP contribution in [0.5, 0.6) is 0 Å². The van der Waals surface area contributed by atoms with Gasteiger partial charge in [-0.3, -0.25) is 4.98 Å². The van der Waals surface area contributed by atoms with Gasteiger partial charge >= 0.3 is 0 Å². The van der Waals surface area contributed by atoms with Crippen LogP contribution in [0, 0.1) is 0 Å². The van der Waals surface area contributed by atoms with Crippen molar-refractivity contribution >= 4 is 22.3 Å². The van der Waals surface area contributed by atoms with Gasteiger partial charge in [-0.25, -0.2) is 4.98 Å². The van der Waals surface area contributed by atoms with Gasteiger partial charge in [-0.05, 0) is 51.8 Å². The molecule has 0 spiro atoms. The summed E-state index contributed by atoms with van der Waals surface area (Å²) >= 11 is 0. The van der Waals surface area contributed by atoms with E-state index in [9.17, 15) is 0 Å². The van der Waals surface area contributed by atoms with Gasteiger partial charge in [0, 0.05) is 35.6 Å². The standard InChI is InChI=1S/C26H27N3/c1-18(19-13-15-27-16-14-19)24-17-28-25(23-8-6-5-7-22(23)24)29-21-11-9-20(10-12-21)26(2,3)4/h5-18H,1-4H3,(H,28,29). The summed E-state index contributed by atoms with van der Waals surface area (Å²) in [4.78, 5) is 8.93. The number of nitrogens with zero attached hydrogens (tertiary/aromatic N) is 2. The van der Waals surface area contributed by atoms with Crippen LogP contribution in [-0.4, -0.2) is 9.97 Å². The Labute approximate surface area is 172 Å². The molecule has 1 N–H and O–H groups in total. The first kappa shape index (κ1) is 19.1. The number of rotatable bonds is 4. The van der Waals surface area contributed by atoms with E-state index in [1.165, 1.54) is 22.1 Å². The van der Waals surface area contributed by atoms with Gasteiger partial charge < -0.3 is 5.32 Å². The number of hydrogen-bond acceptors (Lipinski definition) is 3. The summed E-state index contributed by atoms with van der Waals surface area (Å²) in [6, 6.07) is 21.2. The lowest BCUT2D eigenvalue weighted by Gasteiger charge is -2.20. The average Bonchev–Trinajstić information content (AvgIpc) is 2.74. The van der Waals surface area contributed by atoms with E-state index in [1.54, 1.807) is 0 Å². The SMILES string of the molecule is CC(c1ccncc1)c1cnc(Nc2ccc(C(C)(C)C)cc2)c2ccccc12. The van der Waals surface area contributed by atoms with E-state index in [0.29, 0.717) is 0 Å². The second kappa shape index (κ2) is 7.67. The first-order valence-corrected chi connectivity index (χ1v) is 10.1. The Balaban J connectivity index is 1.70. The third-order valence-corrected chi connectivity index (χ3v) is 5.51. The first-order chi connectivity index (χ1) is 13.9. The molecule has 0 amide bonds. The molecule has 0 aliphatic rings. The van der Waals surface area contributed by atoms with Gasteiger partial charge in [-0.15, -0.1) is 0 Å². The molecule has 2 heterocycles. The summed E-state index contributed by atoms with van der Waals surface area (Å²) < 4.78 is 0. The van der Waals surface area contributed by atoms with Gasteiger partial charge in [0.15, 0.2) is 0 Å². The van der Waals surface area contributed by atoms with Crippen molar-refractivity contribution in [2.24, 2.45) is 0 Å². The zero-order chi connectivity index (χ0) is 20.4. The van der Waals surface area contributed by atoms with Crippen molar-refractivity contribution < 1.29 is 0 Å². The third-order valence-electron chi connectivity index (χ3n) is 5.51. The average molecular weight is 382 g/mol. The minimum absolute atomic E-state index is 0.147. The molecular weight excluding hydrogens is 354 g/mol. The van der Waals surface area contributed by atoms with E-state index in [0.717, 1.165) is 16.9 Å². The van der Waals surface area contributed by atoms with Crippen molar-refractivity contribution in [1.82, 2.24) is 9.97 Å². The Hall–Kier alpha value is -3.20. The molecule has 0 radical (unpaired) electrons. The summed E-state index contributed by atoms with van der Waals surface area (Å²) in [5.74, 6) is 1.13. The molecule has 3 heteroatoms. The van der Waals surface area contributed by atoms with Gasteiger partial charge in [-0.2, -0.15) is 0 Å². The fourth-order valence-corrected chi connectivity index (χ4v) is 3.68. The number of hydrogen-bond donors (Lipinski definition) is 1. The molecule has 0 aliphatic heterocycles. The number of aromatic nitrogens is 2. The van der Waals surface area contributed by atoms with Crippen LogP contribution in [0.25, 0.3) is 10.8 Å². The van der Waals surface area contributed by atoms with Crippen molar-refractivity contribution in [3.63, 3.8) is 0 Å². The molecule has 0 aliphatic carbocycles. The van der Waals surface area contributed by atoms with Crippen molar-refractivity contribution in [3.05, 3.63) is 95.9 Å². The molecule has 4 aromatic rings. The van der Waals surface area contributed by atoms with Gasteiger partial charge in [0.1, 0.15) is 5.82 Å². The van der Waals surface area contributed by atoms with Gasteiger partial charge in [0.2, 0.25) is 0 Å². The minimum Gasteiger partial charge on any atom is -0.340 e. The molecule has 4 rings (SSSR count). The smallest absolute Gasteiger partial charge is 0.138 e. The molecule has 3 nitrogen and oxygen atoms in total. The Morgan fingerprint density at radius 2 is 1.48 bits per heavy atom. The van der Waals surface area contributed by atoms with E-state index < -0.39 is 0 Å². The third kappa shape index (κ3) is 4.00. The predicted octanol–water partition coefficient (Wildman–Crippen LogP) is 6.82. The summed E-state index contributed by atoms with van der Waals surface area (Å²) in [5, 5.41) is 5.86. The second-order valence-corrected chi connectivity index (χ2v) is 8.56. The lowest BCUT2D eigenvalue weighted by atomic mass is 9.87. The second-order valence-electron chi connectivity index (χ2n) is 8.56. The van der Waals surface area contributed by atoms with E-state index in [-0.39, 0.29) is 11.3 Å². The molecule has 2 aromatic heterocycles.